The number of halogens is 1. The molecule has 0 radical (unpaired) electrons. The fourth-order valence-corrected chi connectivity index (χ4v) is 1.73. The third-order valence-electron chi connectivity index (χ3n) is 2.44. The van der Waals surface area contributed by atoms with E-state index in [9.17, 15) is 4.39 Å². The quantitative estimate of drug-likeness (QED) is 0.836. The van der Waals surface area contributed by atoms with Crippen molar-refractivity contribution in [2.45, 2.75) is 19.9 Å². The van der Waals surface area contributed by atoms with E-state index in [4.69, 9.17) is 5.11 Å². The molecule has 0 saturated carbocycles. The lowest BCUT2D eigenvalue weighted by molar-refractivity contribution is 0.280. The Labute approximate surface area is 87.2 Å². The molecular weight excluding hydrogens is 195 g/mol. The molecule has 0 unspecified atom stereocenters. The number of nitrogens with zero attached hydrogens (tertiary/aromatic N) is 2. The smallest absolute Gasteiger partial charge is 0.142 e. The summed E-state index contributed by atoms with van der Waals surface area (Å²) in [5.74, 6) is -0.314. The van der Waals surface area contributed by atoms with Crippen LogP contribution in [0.25, 0.3) is 11.0 Å². The molecule has 2 heterocycles. The molecule has 2 aromatic rings. The van der Waals surface area contributed by atoms with E-state index in [1.54, 1.807) is 0 Å². The van der Waals surface area contributed by atoms with Crippen molar-refractivity contribution in [3.8, 4) is 0 Å². The average Bonchev–Trinajstić information content (AvgIpc) is 2.53. The van der Waals surface area contributed by atoms with Crippen LogP contribution < -0.4 is 0 Å². The molecule has 15 heavy (non-hydrogen) atoms. The van der Waals surface area contributed by atoms with Gasteiger partial charge in [-0.3, -0.25) is 0 Å². The minimum absolute atomic E-state index is 0.153. The Kier molecular flexibility index (Phi) is 2.68. The number of rotatable bonds is 3. The van der Waals surface area contributed by atoms with Crippen molar-refractivity contribution in [1.29, 1.82) is 0 Å². The van der Waals surface area contributed by atoms with Gasteiger partial charge in [0.25, 0.3) is 0 Å². The summed E-state index contributed by atoms with van der Waals surface area (Å²) in [6, 6.07) is 1.49. The van der Waals surface area contributed by atoms with E-state index in [1.165, 1.54) is 12.3 Å². The second-order valence-corrected chi connectivity index (χ2v) is 3.61. The number of aliphatic hydroxyl groups is 1. The van der Waals surface area contributed by atoms with Crippen LogP contribution in [0.5, 0.6) is 0 Å². The van der Waals surface area contributed by atoms with Gasteiger partial charge in [0.15, 0.2) is 0 Å². The van der Waals surface area contributed by atoms with E-state index in [2.05, 4.69) is 4.98 Å². The minimum atomic E-state index is -0.314. The predicted molar refractivity (Wildman–Crippen MR) is 56.1 cm³/mol. The first-order chi connectivity index (χ1) is 7.22. The molecule has 0 atom stereocenters. The summed E-state index contributed by atoms with van der Waals surface area (Å²) in [5.41, 5.74) is 1.79. The topological polar surface area (TPSA) is 38.0 Å². The van der Waals surface area contributed by atoms with E-state index in [0.29, 0.717) is 13.0 Å². The molecule has 0 spiro atoms. The molecular formula is C11H13FN2O. The normalized spacial score (nSPS) is 11.1. The van der Waals surface area contributed by atoms with E-state index in [-0.39, 0.29) is 12.4 Å². The van der Waals surface area contributed by atoms with E-state index in [0.717, 1.165) is 16.6 Å². The van der Waals surface area contributed by atoms with Crippen molar-refractivity contribution in [3.63, 3.8) is 0 Å². The van der Waals surface area contributed by atoms with Crippen LogP contribution in [0.4, 0.5) is 4.39 Å². The molecule has 0 fully saturated rings. The Hall–Kier alpha value is -1.42. The zero-order valence-corrected chi connectivity index (χ0v) is 8.57. The molecule has 0 aliphatic heterocycles. The highest BCUT2D eigenvalue weighted by Gasteiger charge is 2.07. The zero-order chi connectivity index (χ0) is 10.8. The summed E-state index contributed by atoms with van der Waals surface area (Å²) in [5, 5.41) is 9.60. The lowest BCUT2D eigenvalue weighted by atomic mass is 10.2. The Bertz CT molecular complexity index is 479. The largest absolute Gasteiger partial charge is 0.396 e. The van der Waals surface area contributed by atoms with Gasteiger partial charge in [0.05, 0.1) is 6.20 Å². The number of aryl methyl sites for hydroxylation is 2. The number of hydrogen-bond acceptors (Lipinski definition) is 2. The van der Waals surface area contributed by atoms with Gasteiger partial charge in [0.1, 0.15) is 11.5 Å². The Balaban J connectivity index is 2.48. The first kappa shape index (κ1) is 10.1. The van der Waals surface area contributed by atoms with Crippen molar-refractivity contribution >= 4 is 11.0 Å². The molecule has 0 saturated heterocycles. The minimum Gasteiger partial charge on any atom is -0.396 e. The third-order valence-corrected chi connectivity index (χ3v) is 2.44. The fraction of sp³-hybridized carbons (Fsp3) is 0.364. The highest BCUT2D eigenvalue weighted by atomic mass is 19.1. The van der Waals surface area contributed by atoms with Gasteiger partial charge in [-0.15, -0.1) is 0 Å². The molecule has 0 bridgehead atoms. The van der Waals surface area contributed by atoms with Crippen LogP contribution in [0, 0.1) is 12.7 Å². The number of pyridine rings is 1. The SMILES string of the molecule is Cc1cn(CCCO)c2ncc(F)cc12. The van der Waals surface area contributed by atoms with Crippen LogP contribution in [0.15, 0.2) is 18.5 Å². The van der Waals surface area contributed by atoms with Crippen molar-refractivity contribution in [1.82, 2.24) is 9.55 Å². The van der Waals surface area contributed by atoms with Gasteiger partial charge in [0, 0.05) is 24.7 Å². The monoisotopic (exact) mass is 208 g/mol. The highest BCUT2D eigenvalue weighted by molar-refractivity contribution is 5.80. The number of aromatic nitrogens is 2. The summed E-state index contributed by atoms with van der Waals surface area (Å²) in [6.45, 7) is 2.79. The maximum absolute atomic E-state index is 13.0. The maximum atomic E-state index is 13.0. The zero-order valence-electron chi connectivity index (χ0n) is 8.57. The molecule has 4 heteroatoms. The first-order valence-electron chi connectivity index (χ1n) is 4.94. The van der Waals surface area contributed by atoms with E-state index in [1.807, 2.05) is 17.7 Å². The van der Waals surface area contributed by atoms with Gasteiger partial charge in [-0.25, -0.2) is 9.37 Å². The molecule has 3 nitrogen and oxygen atoms in total. The summed E-state index contributed by atoms with van der Waals surface area (Å²) < 4.78 is 14.9. The van der Waals surface area contributed by atoms with Crippen molar-refractivity contribution in [3.05, 3.63) is 29.8 Å². The molecule has 1 N–H and O–H groups in total. The summed E-state index contributed by atoms with van der Waals surface area (Å²) in [7, 11) is 0. The van der Waals surface area contributed by atoms with Crippen molar-refractivity contribution in [2.75, 3.05) is 6.61 Å². The highest BCUT2D eigenvalue weighted by Crippen LogP contribution is 2.19. The van der Waals surface area contributed by atoms with Crippen LogP contribution >= 0.6 is 0 Å². The molecule has 2 aromatic heterocycles. The van der Waals surface area contributed by atoms with E-state index < -0.39 is 0 Å². The van der Waals surface area contributed by atoms with Crippen molar-refractivity contribution < 1.29 is 9.50 Å². The molecule has 0 aromatic carbocycles. The molecule has 2 rings (SSSR count). The lowest BCUT2D eigenvalue weighted by Gasteiger charge is -2.01. The Morgan fingerprint density at radius 3 is 3.07 bits per heavy atom. The van der Waals surface area contributed by atoms with Crippen LogP contribution in [0.1, 0.15) is 12.0 Å². The predicted octanol–water partition coefficient (Wildman–Crippen LogP) is 1.87. The Morgan fingerprint density at radius 2 is 2.33 bits per heavy atom. The summed E-state index contributed by atoms with van der Waals surface area (Å²) in [6.07, 6.45) is 3.84. The van der Waals surface area contributed by atoms with Crippen LogP contribution in [0.3, 0.4) is 0 Å². The average molecular weight is 208 g/mol. The van der Waals surface area contributed by atoms with E-state index >= 15 is 0 Å². The second-order valence-electron chi connectivity index (χ2n) is 3.61. The van der Waals surface area contributed by atoms with Crippen molar-refractivity contribution in [2.24, 2.45) is 0 Å². The number of fused-ring (bicyclic) bond motifs is 1. The van der Waals surface area contributed by atoms with Crippen LogP contribution in [-0.2, 0) is 6.54 Å². The third kappa shape index (κ3) is 1.85. The van der Waals surface area contributed by atoms with Crippen LogP contribution in [0.2, 0.25) is 0 Å². The number of hydrogen-bond donors (Lipinski definition) is 1. The molecule has 80 valence electrons. The lowest BCUT2D eigenvalue weighted by Crippen LogP contribution is -1.99. The van der Waals surface area contributed by atoms with Gasteiger partial charge in [-0.1, -0.05) is 0 Å². The number of aliphatic hydroxyl groups excluding tert-OH is 1. The second kappa shape index (κ2) is 3.98. The van der Waals surface area contributed by atoms with Gasteiger partial charge >= 0.3 is 0 Å². The van der Waals surface area contributed by atoms with Gasteiger partial charge in [-0.05, 0) is 25.0 Å². The molecule has 0 amide bonds. The molecule has 0 aliphatic carbocycles. The van der Waals surface area contributed by atoms with Crippen LogP contribution in [-0.4, -0.2) is 21.3 Å². The Morgan fingerprint density at radius 1 is 1.53 bits per heavy atom. The van der Waals surface area contributed by atoms with Gasteiger partial charge in [0.2, 0.25) is 0 Å². The standard InChI is InChI=1S/C11H13FN2O/c1-8-7-14(3-2-4-15)11-10(8)5-9(12)6-13-11/h5-7,15H,2-4H2,1H3. The first-order valence-corrected chi connectivity index (χ1v) is 4.94. The summed E-state index contributed by atoms with van der Waals surface area (Å²) >= 11 is 0. The van der Waals surface area contributed by atoms with Gasteiger partial charge in [-0.2, -0.15) is 0 Å². The fourth-order valence-electron chi connectivity index (χ4n) is 1.73. The molecule has 0 aliphatic rings. The summed E-state index contributed by atoms with van der Waals surface area (Å²) in [4.78, 5) is 4.06. The maximum Gasteiger partial charge on any atom is 0.142 e. The van der Waals surface area contributed by atoms with Gasteiger partial charge < -0.3 is 9.67 Å².